The van der Waals surface area contributed by atoms with Crippen molar-refractivity contribution in [3.05, 3.63) is 29.3 Å². The lowest BCUT2D eigenvalue weighted by molar-refractivity contribution is 0.285. The molecule has 2 rings (SSSR count). The van der Waals surface area contributed by atoms with Gasteiger partial charge in [0.25, 0.3) is 0 Å². The van der Waals surface area contributed by atoms with Crippen molar-refractivity contribution >= 4 is 17.5 Å². The molecule has 1 aromatic carbocycles. The fourth-order valence-electron chi connectivity index (χ4n) is 1.50. The first-order valence-electron chi connectivity index (χ1n) is 6.78. The molecule has 1 N–H and O–H groups in total. The summed E-state index contributed by atoms with van der Waals surface area (Å²) in [6.07, 6.45) is 0.864. The number of nitrogens with one attached hydrogen (secondary N) is 1. The van der Waals surface area contributed by atoms with Crippen molar-refractivity contribution in [2.75, 3.05) is 18.5 Å². The van der Waals surface area contributed by atoms with E-state index in [-0.39, 0.29) is 12.0 Å². The van der Waals surface area contributed by atoms with Gasteiger partial charge in [0, 0.05) is 6.54 Å². The Morgan fingerprint density at radius 1 is 1.10 bits per heavy atom. The SMILES string of the molecule is CCCOc1nc(NCC)nc(Oc2ccccc2Cl)n1. The van der Waals surface area contributed by atoms with E-state index in [2.05, 4.69) is 20.3 Å². The summed E-state index contributed by atoms with van der Waals surface area (Å²) in [6.45, 7) is 5.17. The Morgan fingerprint density at radius 2 is 1.86 bits per heavy atom. The van der Waals surface area contributed by atoms with Crippen LogP contribution in [-0.2, 0) is 0 Å². The largest absolute Gasteiger partial charge is 0.463 e. The third-order valence-electron chi connectivity index (χ3n) is 2.40. The van der Waals surface area contributed by atoms with Crippen LogP contribution >= 0.6 is 11.6 Å². The first-order valence-corrected chi connectivity index (χ1v) is 7.15. The van der Waals surface area contributed by atoms with E-state index in [1.807, 2.05) is 26.0 Å². The first kappa shape index (κ1) is 15.3. The van der Waals surface area contributed by atoms with Crippen molar-refractivity contribution in [1.82, 2.24) is 15.0 Å². The van der Waals surface area contributed by atoms with Crippen molar-refractivity contribution in [2.24, 2.45) is 0 Å². The summed E-state index contributed by atoms with van der Waals surface area (Å²) in [5.41, 5.74) is 0. The fourth-order valence-corrected chi connectivity index (χ4v) is 1.68. The molecule has 0 saturated carbocycles. The van der Waals surface area contributed by atoms with Crippen molar-refractivity contribution < 1.29 is 9.47 Å². The van der Waals surface area contributed by atoms with Crippen LogP contribution < -0.4 is 14.8 Å². The zero-order valence-electron chi connectivity index (χ0n) is 12.0. The molecular weight excluding hydrogens is 292 g/mol. The maximum atomic E-state index is 6.06. The highest BCUT2D eigenvalue weighted by molar-refractivity contribution is 6.32. The van der Waals surface area contributed by atoms with Crippen molar-refractivity contribution in [3.8, 4) is 17.8 Å². The van der Waals surface area contributed by atoms with E-state index < -0.39 is 0 Å². The zero-order chi connectivity index (χ0) is 15.1. The van der Waals surface area contributed by atoms with Gasteiger partial charge < -0.3 is 14.8 Å². The van der Waals surface area contributed by atoms with Gasteiger partial charge in [0.2, 0.25) is 5.95 Å². The zero-order valence-corrected chi connectivity index (χ0v) is 12.7. The highest BCUT2D eigenvalue weighted by Gasteiger charge is 2.10. The monoisotopic (exact) mass is 308 g/mol. The molecular formula is C14H17ClN4O2. The smallest absolute Gasteiger partial charge is 0.330 e. The van der Waals surface area contributed by atoms with Crippen LogP contribution in [-0.4, -0.2) is 28.1 Å². The summed E-state index contributed by atoms with van der Waals surface area (Å²) in [5, 5.41) is 3.50. The topological polar surface area (TPSA) is 69.2 Å². The summed E-state index contributed by atoms with van der Waals surface area (Å²) in [6, 6.07) is 7.48. The lowest BCUT2D eigenvalue weighted by Crippen LogP contribution is -2.08. The number of anilines is 1. The second-order valence-corrected chi connectivity index (χ2v) is 4.54. The Hall–Kier alpha value is -2.08. The molecule has 0 aliphatic carbocycles. The van der Waals surface area contributed by atoms with E-state index in [1.54, 1.807) is 12.1 Å². The second kappa shape index (κ2) is 7.64. The Morgan fingerprint density at radius 3 is 2.57 bits per heavy atom. The number of hydrogen-bond donors (Lipinski definition) is 1. The predicted molar refractivity (Wildman–Crippen MR) is 81.3 cm³/mol. The molecule has 0 spiro atoms. The van der Waals surface area contributed by atoms with Crippen LogP contribution in [0.2, 0.25) is 5.02 Å². The minimum absolute atomic E-state index is 0.139. The third kappa shape index (κ3) is 4.46. The summed E-state index contributed by atoms with van der Waals surface area (Å²) in [4.78, 5) is 12.5. The quantitative estimate of drug-likeness (QED) is 0.843. The lowest BCUT2D eigenvalue weighted by Gasteiger charge is -2.09. The van der Waals surface area contributed by atoms with Gasteiger partial charge in [0.1, 0.15) is 5.75 Å². The molecule has 112 valence electrons. The Kier molecular flexibility index (Phi) is 5.57. The standard InChI is InChI=1S/C14H17ClN4O2/c1-3-9-20-13-17-12(16-4-2)18-14(19-13)21-11-8-6-5-7-10(11)15/h5-8H,3-4,9H2,1-2H3,(H,16,17,18,19). The molecule has 0 atom stereocenters. The predicted octanol–water partition coefficient (Wildman–Crippen LogP) is 3.54. The molecule has 7 heteroatoms. The van der Waals surface area contributed by atoms with E-state index in [0.29, 0.717) is 29.9 Å². The van der Waals surface area contributed by atoms with Crippen LogP contribution in [0.5, 0.6) is 17.8 Å². The Balaban J connectivity index is 2.24. The molecule has 0 unspecified atom stereocenters. The summed E-state index contributed by atoms with van der Waals surface area (Å²) < 4.78 is 11.0. The van der Waals surface area contributed by atoms with Crippen molar-refractivity contribution in [2.45, 2.75) is 20.3 Å². The molecule has 0 saturated heterocycles. The normalized spacial score (nSPS) is 10.2. The molecule has 1 aromatic heterocycles. The van der Waals surface area contributed by atoms with Gasteiger partial charge in [0.05, 0.1) is 11.6 Å². The van der Waals surface area contributed by atoms with Gasteiger partial charge in [-0.05, 0) is 25.5 Å². The van der Waals surface area contributed by atoms with Gasteiger partial charge in [-0.1, -0.05) is 30.7 Å². The van der Waals surface area contributed by atoms with E-state index in [4.69, 9.17) is 21.1 Å². The van der Waals surface area contributed by atoms with Gasteiger partial charge in [-0.25, -0.2) is 0 Å². The molecule has 0 aliphatic heterocycles. The minimum Gasteiger partial charge on any atom is -0.463 e. The summed E-state index contributed by atoms with van der Waals surface area (Å²) in [7, 11) is 0. The Labute approximate surface area is 128 Å². The van der Waals surface area contributed by atoms with E-state index in [0.717, 1.165) is 6.42 Å². The maximum Gasteiger partial charge on any atom is 0.330 e. The average Bonchev–Trinajstić information content (AvgIpc) is 2.48. The first-order chi connectivity index (χ1) is 10.2. The molecule has 21 heavy (non-hydrogen) atoms. The molecule has 0 radical (unpaired) electrons. The van der Waals surface area contributed by atoms with Gasteiger partial charge in [-0.3, -0.25) is 0 Å². The van der Waals surface area contributed by atoms with Gasteiger partial charge in [-0.2, -0.15) is 9.97 Å². The number of ether oxygens (including phenoxy) is 2. The summed E-state index contributed by atoms with van der Waals surface area (Å²) >= 11 is 6.06. The van der Waals surface area contributed by atoms with Crippen molar-refractivity contribution in [1.29, 1.82) is 0 Å². The van der Waals surface area contributed by atoms with Gasteiger partial charge >= 0.3 is 12.0 Å². The van der Waals surface area contributed by atoms with Crippen LogP contribution in [0.25, 0.3) is 0 Å². The number of aromatic nitrogens is 3. The highest BCUT2D eigenvalue weighted by Crippen LogP contribution is 2.27. The van der Waals surface area contributed by atoms with Crippen LogP contribution in [0.4, 0.5) is 5.95 Å². The molecule has 1 heterocycles. The van der Waals surface area contributed by atoms with E-state index in [9.17, 15) is 0 Å². The van der Waals surface area contributed by atoms with Crippen LogP contribution in [0.1, 0.15) is 20.3 Å². The van der Waals surface area contributed by atoms with Crippen LogP contribution in [0, 0.1) is 0 Å². The molecule has 0 aliphatic rings. The average molecular weight is 309 g/mol. The highest BCUT2D eigenvalue weighted by atomic mass is 35.5. The third-order valence-corrected chi connectivity index (χ3v) is 2.71. The number of nitrogens with zero attached hydrogens (tertiary/aromatic N) is 3. The molecule has 0 fully saturated rings. The van der Waals surface area contributed by atoms with Crippen LogP contribution in [0.3, 0.4) is 0 Å². The van der Waals surface area contributed by atoms with E-state index in [1.165, 1.54) is 0 Å². The maximum absolute atomic E-state index is 6.06. The number of para-hydroxylation sites is 1. The van der Waals surface area contributed by atoms with E-state index >= 15 is 0 Å². The molecule has 0 bridgehead atoms. The van der Waals surface area contributed by atoms with Crippen LogP contribution in [0.15, 0.2) is 24.3 Å². The second-order valence-electron chi connectivity index (χ2n) is 4.14. The Bertz CT molecular complexity index is 595. The number of halogens is 1. The van der Waals surface area contributed by atoms with Crippen molar-refractivity contribution in [3.63, 3.8) is 0 Å². The molecule has 0 amide bonds. The minimum atomic E-state index is 0.139. The lowest BCUT2D eigenvalue weighted by atomic mass is 10.3. The number of hydrogen-bond acceptors (Lipinski definition) is 6. The summed E-state index contributed by atoms with van der Waals surface area (Å²) in [5.74, 6) is 0.884. The molecule has 6 nitrogen and oxygen atoms in total. The number of rotatable bonds is 7. The fraction of sp³-hybridized carbons (Fsp3) is 0.357. The van der Waals surface area contributed by atoms with Gasteiger partial charge in [-0.15, -0.1) is 4.98 Å². The molecule has 2 aromatic rings. The van der Waals surface area contributed by atoms with Gasteiger partial charge in [0.15, 0.2) is 0 Å². The number of benzene rings is 1.